The lowest BCUT2D eigenvalue weighted by atomic mass is 10.1. The van der Waals surface area contributed by atoms with E-state index in [0.717, 1.165) is 22.6 Å². The van der Waals surface area contributed by atoms with Crippen LogP contribution in [0.3, 0.4) is 0 Å². The second kappa shape index (κ2) is 10.8. The number of carbonyl (C=O) groups is 2. The summed E-state index contributed by atoms with van der Waals surface area (Å²) in [6.07, 6.45) is 1.20. The molecule has 0 spiro atoms. The minimum Gasteiger partial charge on any atom is -0.489 e. The van der Waals surface area contributed by atoms with Crippen molar-refractivity contribution in [3.63, 3.8) is 0 Å². The molecule has 1 amide bonds. The summed E-state index contributed by atoms with van der Waals surface area (Å²) in [5.74, 6) is 0.241. The third-order valence-corrected chi connectivity index (χ3v) is 4.86. The molecule has 0 aliphatic carbocycles. The fourth-order valence-corrected chi connectivity index (χ4v) is 3.21. The largest absolute Gasteiger partial charge is 0.489 e. The Balaban J connectivity index is 1.53. The maximum atomic E-state index is 12.9. The Morgan fingerprint density at radius 3 is 1.76 bits per heavy atom. The number of carbonyl (C=O) groups excluding carboxylic acids is 1. The first-order chi connectivity index (χ1) is 16.6. The Morgan fingerprint density at radius 1 is 0.735 bits per heavy atom. The van der Waals surface area contributed by atoms with Crippen LogP contribution in [-0.2, 0) is 13.2 Å². The highest BCUT2D eigenvalue weighted by Gasteiger charge is 2.12. The lowest BCUT2D eigenvalue weighted by molar-refractivity contribution is 0.0696. The van der Waals surface area contributed by atoms with Crippen molar-refractivity contribution >= 4 is 17.7 Å². The predicted molar refractivity (Wildman–Crippen MR) is 127 cm³/mol. The van der Waals surface area contributed by atoms with Gasteiger partial charge in [-0.3, -0.25) is 4.79 Å². The number of carboxylic acid groups (broad SMARTS) is 1. The van der Waals surface area contributed by atoms with Gasteiger partial charge in [0.05, 0.1) is 5.56 Å². The number of para-hydroxylation sites is 2. The van der Waals surface area contributed by atoms with E-state index in [1.165, 1.54) is 18.3 Å². The number of benzene rings is 3. The van der Waals surface area contributed by atoms with E-state index in [9.17, 15) is 9.59 Å². The average Bonchev–Trinajstić information content (AvgIpc) is 2.87. The minimum atomic E-state index is -1.08. The van der Waals surface area contributed by atoms with Crippen LogP contribution >= 0.6 is 0 Å². The molecule has 0 aliphatic heterocycles. The number of hydrogen-bond donors (Lipinski definition) is 2. The van der Waals surface area contributed by atoms with Crippen LogP contribution in [0.15, 0.2) is 97.2 Å². The van der Waals surface area contributed by atoms with Crippen LogP contribution in [0.2, 0.25) is 0 Å². The van der Waals surface area contributed by atoms with Crippen molar-refractivity contribution in [2.75, 3.05) is 5.32 Å². The van der Waals surface area contributed by atoms with Crippen LogP contribution < -0.4 is 14.8 Å². The number of nitrogens with one attached hydrogen (secondary N) is 1. The highest BCUT2D eigenvalue weighted by atomic mass is 16.5. The fourth-order valence-electron chi connectivity index (χ4n) is 3.21. The number of nitrogens with zero attached hydrogens (tertiary/aromatic N) is 1. The van der Waals surface area contributed by atoms with Crippen molar-refractivity contribution < 1.29 is 24.2 Å². The first-order valence-corrected chi connectivity index (χ1v) is 10.6. The normalized spacial score (nSPS) is 10.4. The van der Waals surface area contributed by atoms with Gasteiger partial charge in [-0.05, 0) is 65.7 Å². The summed E-state index contributed by atoms with van der Waals surface area (Å²) >= 11 is 0. The Kier molecular flexibility index (Phi) is 7.15. The number of aromatic nitrogens is 1. The monoisotopic (exact) mass is 454 g/mol. The highest BCUT2D eigenvalue weighted by molar-refractivity contribution is 6.04. The average molecular weight is 454 g/mol. The molecule has 4 aromatic rings. The Hall–Kier alpha value is -4.65. The zero-order valence-electron chi connectivity index (χ0n) is 18.2. The summed E-state index contributed by atoms with van der Waals surface area (Å²) in [6, 6.07) is 27.1. The van der Waals surface area contributed by atoms with Gasteiger partial charge in [0.2, 0.25) is 0 Å². The van der Waals surface area contributed by atoms with Crippen LogP contribution in [0.1, 0.15) is 31.8 Å². The molecular formula is C27H22N2O5. The molecule has 3 aromatic carbocycles. The Labute approximate surface area is 196 Å². The number of hydrogen-bond acceptors (Lipinski definition) is 5. The van der Waals surface area contributed by atoms with E-state index in [1.54, 1.807) is 12.1 Å². The van der Waals surface area contributed by atoms with Gasteiger partial charge in [-0.25, -0.2) is 9.78 Å². The molecule has 0 bridgehead atoms. The number of ether oxygens (including phenoxy) is 2. The maximum Gasteiger partial charge on any atom is 0.337 e. The molecule has 7 heteroatoms. The van der Waals surface area contributed by atoms with Crippen molar-refractivity contribution in [1.29, 1.82) is 0 Å². The van der Waals surface area contributed by atoms with E-state index in [-0.39, 0.29) is 30.5 Å². The van der Waals surface area contributed by atoms with Crippen molar-refractivity contribution in [1.82, 2.24) is 4.98 Å². The Bertz CT molecular complexity index is 1200. The summed E-state index contributed by atoms with van der Waals surface area (Å²) in [7, 11) is 0. The maximum absolute atomic E-state index is 12.9. The molecular weight excluding hydrogens is 432 g/mol. The van der Waals surface area contributed by atoms with Crippen LogP contribution in [-0.4, -0.2) is 22.0 Å². The van der Waals surface area contributed by atoms with Gasteiger partial charge in [-0.15, -0.1) is 0 Å². The first kappa shape index (κ1) is 22.5. The lowest BCUT2D eigenvalue weighted by Gasteiger charge is -2.12. The molecule has 0 unspecified atom stereocenters. The van der Waals surface area contributed by atoms with Gasteiger partial charge >= 0.3 is 5.97 Å². The molecule has 1 aromatic heterocycles. The Morgan fingerprint density at radius 2 is 1.29 bits per heavy atom. The van der Waals surface area contributed by atoms with Crippen molar-refractivity contribution in [2.24, 2.45) is 0 Å². The second-order valence-electron chi connectivity index (χ2n) is 7.43. The fraction of sp³-hybridized carbons (Fsp3) is 0.0741. The van der Waals surface area contributed by atoms with E-state index < -0.39 is 5.97 Å². The molecule has 0 fully saturated rings. The molecule has 170 valence electrons. The zero-order valence-corrected chi connectivity index (χ0v) is 18.2. The van der Waals surface area contributed by atoms with Crippen molar-refractivity contribution in [3.05, 3.63) is 119 Å². The van der Waals surface area contributed by atoms with Gasteiger partial charge in [0.1, 0.15) is 30.5 Å². The molecule has 34 heavy (non-hydrogen) atoms. The van der Waals surface area contributed by atoms with E-state index in [1.807, 2.05) is 66.7 Å². The number of aromatic carboxylic acids is 1. The van der Waals surface area contributed by atoms with Gasteiger partial charge in [-0.2, -0.15) is 0 Å². The van der Waals surface area contributed by atoms with E-state index in [0.29, 0.717) is 5.56 Å². The van der Waals surface area contributed by atoms with Crippen LogP contribution in [0.5, 0.6) is 11.5 Å². The molecule has 0 aliphatic rings. The van der Waals surface area contributed by atoms with Crippen molar-refractivity contribution in [3.8, 4) is 11.5 Å². The minimum absolute atomic E-state index is 0.0402. The van der Waals surface area contributed by atoms with Gasteiger partial charge in [0, 0.05) is 11.8 Å². The standard InChI is InChI=1S/C27H22N2O5/c30-26(29-25-12-11-21(16-28-25)27(31)32)22-14-19(17-33-23-7-3-1-4-8-23)13-20(15-22)18-34-24-9-5-2-6-10-24/h1-16H,17-18H2,(H,31,32)(H,28,29,30). The summed E-state index contributed by atoms with van der Waals surface area (Å²) in [6.45, 7) is 0.546. The number of carboxylic acids is 1. The number of amides is 1. The number of pyridine rings is 1. The summed E-state index contributed by atoms with van der Waals surface area (Å²) in [5.41, 5.74) is 2.05. The van der Waals surface area contributed by atoms with Gasteiger partial charge in [0.25, 0.3) is 5.91 Å². The van der Waals surface area contributed by atoms with E-state index >= 15 is 0 Å². The molecule has 7 nitrogen and oxygen atoms in total. The summed E-state index contributed by atoms with van der Waals surface area (Å²) in [4.78, 5) is 27.9. The zero-order chi connectivity index (χ0) is 23.8. The molecule has 0 radical (unpaired) electrons. The van der Waals surface area contributed by atoms with Gasteiger partial charge in [0.15, 0.2) is 0 Å². The molecule has 4 rings (SSSR count). The number of anilines is 1. The van der Waals surface area contributed by atoms with Crippen LogP contribution in [0.25, 0.3) is 0 Å². The van der Waals surface area contributed by atoms with Gasteiger partial charge in [-0.1, -0.05) is 36.4 Å². The van der Waals surface area contributed by atoms with Crippen molar-refractivity contribution in [2.45, 2.75) is 13.2 Å². The lowest BCUT2D eigenvalue weighted by Crippen LogP contribution is -2.14. The van der Waals surface area contributed by atoms with E-state index in [4.69, 9.17) is 14.6 Å². The molecule has 0 saturated heterocycles. The molecule has 2 N–H and O–H groups in total. The molecule has 0 saturated carbocycles. The second-order valence-corrected chi connectivity index (χ2v) is 7.43. The van der Waals surface area contributed by atoms with Crippen LogP contribution in [0.4, 0.5) is 5.82 Å². The third kappa shape index (κ3) is 6.20. The highest BCUT2D eigenvalue weighted by Crippen LogP contribution is 2.18. The predicted octanol–water partition coefficient (Wildman–Crippen LogP) is 5.19. The summed E-state index contributed by atoms with van der Waals surface area (Å²) < 4.78 is 11.7. The van der Waals surface area contributed by atoms with Gasteiger partial charge < -0.3 is 19.9 Å². The van der Waals surface area contributed by atoms with Crippen LogP contribution in [0, 0.1) is 0 Å². The topological polar surface area (TPSA) is 97.8 Å². The first-order valence-electron chi connectivity index (χ1n) is 10.6. The smallest absolute Gasteiger partial charge is 0.337 e. The SMILES string of the molecule is O=C(O)c1ccc(NC(=O)c2cc(COc3ccccc3)cc(COc3ccccc3)c2)nc1. The quantitative estimate of drug-likeness (QED) is 0.361. The molecule has 1 heterocycles. The molecule has 0 atom stereocenters. The third-order valence-electron chi connectivity index (χ3n) is 4.86. The number of rotatable bonds is 9. The summed E-state index contributed by atoms with van der Waals surface area (Å²) in [5, 5.41) is 11.7. The van der Waals surface area contributed by atoms with E-state index in [2.05, 4.69) is 10.3 Å².